The Morgan fingerprint density at radius 2 is 1.40 bits per heavy atom. The third-order valence-electron chi connectivity index (χ3n) is 3.25. The molecule has 0 saturated carbocycles. The molecule has 1 aliphatic rings. The molecule has 7 heteroatoms. The highest BCUT2D eigenvalue weighted by molar-refractivity contribution is 7.87. The predicted octanol–water partition coefficient (Wildman–Crippen LogP) is 4.65. The van der Waals surface area contributed by atoms with Crippen LogP contribution >= 0.6 is 0 Å². The van der Waals surface area contributed by atoms with Crippen molar-refractivity contribution in [3.63, 3.8) is 0 Å². The first kappa shape index (κ1) is 17.3. The molecule has 1 rings (SSSR count). The maximum Gasteiger partial charge on any atom is 0.534 e. The summed E-state index contributed by atoms with van der Waals surface area (Å²) in [5.74, 6) is -0.0668. The van der Waals surface area contributed by atoms with Crippen LogP contribution in [-0.4, -0.2) is 13.9 Å². The van der Waals surface area contributed by atoms with Gasteiger partial charge in [-0.25, -0.2) is 0 Å². The fourth-order valence-corrected chi connectivity index (χ4v) is 2.66. The van der Waals surface area contributed by atoms with Crippen LogP contribution in [0.5, 0.6) is 0 Å². The lowest BCUT2D eigenvalue weighted by Crippen LogP contribution is -2.25. The van der Waals surface area contributed by atoms with Gasteiger partial charge in [0.05, 0.1) is 0 Å². The minimum absolute atomic E-state index is 0.0668. The molecule has 0 aromatic heterocycles. The second kappa shape index (κ2) is 7.90. The summed E-state index contributed by atoms with van der Waals surface area (Å²) in [5, 5.41) is 0. The minimum Gasteiger partial charge on any atom is -0.381 e. The Balaban J connectivity index is 2.67. The predicted molar refractivity (Wildman–Crippen MR) is 70.3 cm³/mol. The van der Waals surface area contributed by atoms with E-state index in [2.05, 4.69) is 4.18 Å². The number of rotatable bonds is 2. The molecule has 0 atom stereocenters. The molecule has 0 aromatic rings. The van der Waals surface area contributed by atoms with Crippen LogP contribution in [0.2, 0.25) is 0 Å². The number of hydrogen-bond acceptors (Lipinski definition) is 3. The molecule has 0 heterocycles. The van der Waals surface area contributed by atoms with Gasteiger partial charge in [0.2, 0.25) is 0 Å². The quantitative estimate of drug-likeness (QED) is 0.550. The lowest BCUT2D eigenvalue weighted by molar-refractivity contribution is -0.0523. The largest absolute Gasteiger partial charge is 0.534 e. The summed E-state index contributed by atoms with van der Waals surface area (Å²) in [7, 11) is -5.53. The molecule has 1 aliphatic carbocycles. The zero-order valence-corrected chi connectivity index (χ0v) is 12.2. The standard InChI is InChI=1S/C13H21F3O3S/c14-13(15,16)20(17,18)19-12-10-8-6-4-2-1-3-5-7-9-11-12/h10H,1-9,11H2/b12-10-. The second-order valence-corrected chi connectivity index (χ2v) is 6.56. The van der Waals surface area contributed by atoms with Crippen molar-refractivity contribution in [3.05, 3.63) is 11.8 Å². The van der Waals surface area contributed by atoms with Crippen LogP contribution in [0.1, 0.15) is 64.2 Å². The van der Waals surface area contributed by atoms with Crippen LogP contribution in [0, 0.1) is 0 Å². The van der Waals surface area contributed by atoms with Crippen molar-refractivity contribution in [2.45, 2.75) is 69.7 Å². The molecule has 0 spiro atoms. The van der Waals surface area contributed by atoms with Crippen molar-refractivity contribution in [2.75, 3.05) is 0 Å². The van der Waals surface area contributed by atoms with E-state index in [1.165, 1.54) is 12.5 Å². The lowest BCUT2D eigenvalue weighted by atomic mass is 10.0. The molecule has 0 radical (unpaired) electrons. The van der Waals surface area contributed by atoms with Crippen LogP contribution in [0.15, 0.2) is 11.8 Å². The van der Waals surface area contributed by atoms with Crippen LogP contribution in [-0.2, 0) is 14.3 Å². The fourth-order valence-electron chi connectivity index (χ4n) is 2.13. The molecule has 0 fully saturated rings. The molecular formula is C13H21F3O3S. The first-order valence-electron chi connectivity index (χ1n) is 7.03. The second-order valence-electron chi connectivity index (χ2n) is 5.02. The summed E-state index contributed by atoms with van der Waals surface area (Å²) in [6.45, 7) is 0. The van der Waals surface area contributed by atoms with Gasteiger partial charge in [-0.15, -0.1) is 0 Å². The zero-order valence-electron chi connectivity index (χ0n) is 11.4. The molecule has 0 aliphatic heterocycles. The van der Waals surface area contributed by atoms with E-state index >= 15 is 0 Å². The summed E-state index contributed by atoms with van der Waals surface area (Å²) in [6, 6.07) is 0. The van der Waals surface area contributed by atoms with E-state index < -0.39 is 15.6 Å². The Hall–Kier alpha value is -0.720. The van der Waals surface area contributed by atoms with Gasteiger partial charge in [-0.05, 0) is 25.3 Å². The number of hydrogen-bond donors (Lipinski definition) is 0. The first-order chi connectivity index (χ1) is 9.33. The maximum atomic E-state index is 12.3. The summed E-state index contributed by atoms with van der Waals surface area (Å²) in [6.07, 6.45) is 10.1. The van der Waals surface area contributed by atoms with Gasteiger partial charge in [0.25, 0.3) is 0 Å². The smallest absolute Gasteiger partial charge is 0.381 e. The van der Waals surface area contributed by atoms with Gasteiger partial charge >= 0.3 is 15.6 Å². The molecule has 0 aromatic carbocycles. The Morgan fingerprint density at radius 3 is 1.95 bits per heavy atom. The Morgan fingerprint density at radius 1 is 0.900 bits per heavy atom. The average molecular weight is 314 g/mol. The van der Waals surface area contributed by atoms with Gasteiger partial charge in [0, 0.05) is 6.42 Å². The highest BCUT2D eigenvalue weighted by atomic mass is 32.2. The zero-order chi connectivity index (χ0) is 15.1. The Kier molecular flexibility index (Phi) is 6.85. The van der Waals surface area contributed by atoms with Crippen molar-refractivity contribution in [1.29, 1.82) is 0 Å². The van der Waals surface area contributed by atoms with Gasteiger partial charge in [-0.1, -0.05) is 38.5 Å². The van der Waals surface area contributed by atoms with Crippen molar-refractivity contribution >= 4 is 10.1 Å². The van der Waals surface area contributed by atoms with Gasteiger partial charge in [-0.2, -0.15) is 21.6 Å². The maximum absolute atomic E-state index is 12.3. The third-order valence-corrected chi connectivity index (χ3v) is 4.25. The number of alkyl halides is 3. The molecule has 0 amide bonds. The van der Waals surface area contributed by atoms with E-state index in [0.29, 0.717) is 12.8 Å². The van der Waals surface area contributed by atoms with E-state index in [1.807, 2.05) is 0 Å². The summed E-state index contributed by atoms with van der Waals surface area (Å²) in [4.78, 5) is 0. The number of halogens is 3. The minimum atomic E-state index is -5.53. The molecule has 3 nitrogen and oxygen atoms in total. The van der Waals surface area contributed by atoms with Crippen molar-refractivity contribution in [2.24, 2.45) is 0 Å². The third kappa shape index (κ3) is 6.15. The molecule has 118 valence electrons. The molecule has 0 N–H and O–H groups in total. The molecular weight excluding hydrogens is 293 g/mol. The van der Waals surface area contributed by atoms with Gasteiger partial charge < -0.3 is 4.18 Å². The fraction of sp³-hybridized carbons (Fsp3) is 0.846. The lowest BCUT2D eigenvalue weighted by Gasteiger charge is -2.13. The number of allylic oxidation sites excluding steroid dienone is 2. The monoisotopic (exact) mass is 314 g/mol. The molecule has 20 heavy (non-hydrogen) atoms. The summed E-state index contributed by atoms with van der Waals surface area (Å²) in [5.41, 5.74) is -5.36. The van der Waals surface area contributed by atoms with E-state index in [1.54, 1.807) is 0 Å². The van der Waals surface area contributed by atoms with Crippen molar-refractivity contribution in [1.82, 2.24) is 0 Å². The van der Waals surface area contributed by atoms with Crippen LogP contribution in [0.3, 0.4) is 0 Å². The van der Waals surface area contributed by atoms with Gasteiger partial charge in [-0.3, -0.25) is 0 Å². The molecule has 0 saturated heterocycles. The SMILES string of the molecule is O=S(=O)(O/C1=C\CCCCCCCCCC1)C(F)(F)F. The van der Waals surface area contributed by atoms with E-state index in [4.69, 9.17) is 0 Å². The van der Waals surface area contributed by atoms with Crippen molar-refractivity contribution in [3.8, 4) is 0 Å². The highest BCUT2D eigenvalue weighted by Gasteiger charge is 2.48. The Labute approximate surface area is 118 Å². The Bertz CT molecular complexity index is 413. The topological polar surface area (TPSA) is 43.4 Å². The van der Waals surface area contributed by atoms with E-state index in [-0.39, 0.29) is 12.2 Å². The molecule has 0 unspecified atom stereocenters. The van der Waals surface area contributed by atoms with Gasteiger partial charge in [0.1, 0.15) is 5.76 Å². The first-order valence-corrected chi connectivity index (χ1v) is 8.43. The van der Waals surface area contributed by atoms with Crippen LogP contribution in [0.25, 0.3) is 0 Å². The van der Waals surface area contributed by atoms with Crippen molar-refractivity contribution < 1.29 is 25.8 Å². The highest BCUT2D eigenvalue weighted by Crippen LogP contribution is 2.28. The molecule has 0 bridgehead atoms. The van der Waals surface area contributed by atoms with E-state index in [0.717, 1.165) is 38.5 Å². The summed E-state index contributed by atoms with van der Waals surface area (Å²) >= 11 is 0. The van der Waals surface area contributed by atoms with Crippen LogP contribution in [0.4, 0.5) is 13.2 Å². The van der Waals surface area contributed by atoms with Crippen LogP contribution < -0.4 is 0 Å². The van der Waals surface area contributed by atoms with Gasteiger partial charge in [0.15, 0.2) is 0 Å². The summed E-state index contributed by atoms with van der Waals surface area (Å²) < 4.78 is 63.2. The average Bonchev–Trinajstić information content (AvgIpc) is 2.31. The normalized spacial score (nSPS) is 23.1. The van der Waals surface area contributed by atoms with E-state index in [9.17, 15) is 21.6 Å².